The standard InChI is InChI=1S/C29H21Cl2N3O2S2/c1-2-13-34-28(36)24-23(18-9-5-3-6-10-18)17-37-27(24)33-29(34)38-25(19-11-7-4-8-12-19)26(35)32-22-15-20(30)14-21(31)16-22/h2-12,14-17,25H,1,13H2,(H,32,35). The van der Waals surface area contributed by atoms with E-state index >= 15 is 0 Å². The zero-order valence-corrected chi connectivity index (χ0v) is 23.1. The lowest BCUT2D eigenvalue weighted by Gasteiger charge is -2.19. The number of carbonyl (C=O) groups is 1. The average molecular weight is 579 g/mol. The Balaban J connectivity index is 1.58. The van der Waals surface area contributed by atoms with E-state index in [1.165, 1.54) is 23.1 Å². The number of hydrogen-bond donors (Lipinski definition) is 1. The number of hydrogen-bond acceptors (Lipinski definition) is 5. The summed E-state index contributed by atoms with van der Waals surface area (Å²) in [7, 11) is 0. The minimum absolute atomic E-state index is 0.175. The molecule has 9 heteroatoms. The molecule has 1 unspecified atom stereocenters. The third kappa shape index (κ3) is 5.56. The molecule has 0 spiro atoms. The number of allylic oxidation sites excluding steroid dienone is 1. The third-order valence-corrected chi connectivity index (χ3v) is 8.30. The van der Waals surface area contributed by atoms with E-state index in [-0.39, 0.29) is 18.0 Å². The van der Waals surface area contributed by atoms with E-state index < -0.39 is 5.25 Å². The molecule has 2 aromatic heterocycles. The number of thiophene rings is 1. The Kier molecular flexibility index (Phi) is 8.00. The second-order valence-corrected chi connectivity index (χ2v) is 11.2. The quantitative estimate of drug-likeness (QED) is 0.115. The Labute approximate surface area is 237 Å². The number of fused-ring (bicyclic) bond motifs is 1. The van der Waals surface area contributed by atoms with Crippen molar-refractivity contribution in [2.24, 2.45) is 0 Å². The second kappa shape index (κ2) is 11.6. The molecule has 5 rings (SSSR count). The first-order chi connectivity index (χ1) is 18.4. The molecular weight excluding hydrogens is 557 g/mol. The van der Waals surface area contributed by atoms with Crippen LogP contribution in [0.25, 0.3) is 21.3 Å². The molecule has 38 heavy (non-hydrogen) atoms. The van der Waals surface area contributed by atoms with E-state index in [0.29, 0.717) is 31.1 Å². The molecule has 0 aliphatic rings. The summed E-state index contributed by atoms with van der Waals surface area (Å²) >= 11 is 14.9. The van der Waals surface area contributed by atoms with E-state index in [9.17, 15) is 9.59 Å². The summed E-state index contributed by atoms with van der Waals surface area (Å²) in [5, 5.41) is 5.96. The molecule has 5 aromatic rings. The molecule has 190 valence electrons. The van der Waals surface area contributed by atoms with Crippen molar-refractivity contribution in [3.05, 3.63) is 123 Å². The maximum absolute atomic E-state index is 13.8. The van der Waals surface area contributed by atoms with Gasteiger partial charge < -0.3 is 5.32 Å². The van der Waals surface area contributed by atoms with Gasteiger partial charge in [0.15, 0.2) is 5.16 Å². The largest absolute Gasteiger partial charge is 0.325 e. The highest BCUT2D eigenvalue weighted by Gasteiger charge is 2.26. The SMILES string of the molecule is C=CCn1c(SC(C(=O)Nc2cc(Cl)cc(Cl)c2)c2ccccc2)nc2scc(-c3ccccc3)c2c1=O. The summed E-state index contributed by atoms with van der Waals surface area (Å²) in [5.74, 6) is -0.296. The fourth-order valence-electron chi connectivity index (χ4n) is 4.06. The third-order valence-electron chi connectivity index (χ3n) is 5.75. The number of anilines is 1. The van der Waals surface area contributed by atoms with Crippen molar-refractivity contribution in [3.63, 3.8) is 0 Å². The molecule has 0 fully saturated rings. The minimum atomic E-state index is -0.706. The van der Waals surface area contributed by atoms with Crippen LogP contribution in [0.4, 0.5) is 5.69 Å². The van der Waals surface area contributed by atoms with E-state index in [1.807, 2.05) is 66.0 Å². The van der Waals surface area contributed by atoms with Crippen LogP contribution in [0.15, 0.2) is 107 Å². The number of halogens is 2. The van der Waals surface area contributed by atoms with Crippen molar-refractivity contribution >= 4 is 68.1 Å². The molecule has 5 nitrogen and oxygen atoms in total. The first-order valence-corrected chi connectivity index (χ1v) is 14.1. The Morgan fingerprint density at radius 2 is 1.71 bits per heavy atom. The molecule has 1 N–H and O–H groups in total. The number of benzene rings is 3. The number of thioether (sulfide) groups is 1. The summed E-state index contributed by atoms with van der Waals surface area (Å²) < 4.78 is 1.57. The van der Waals surface area contributed by atoms with Crippen LogP contribution in [0, 0.1) is 0 Å². The normalized spacial score (nSPS) is 11.8. The van der Waals surface area contributed by atoms with Crippen molar-refractivity contribution in [1.29, 1.82) is 0 Å². The number of aromatic nitrogens is 2. The highest BCUT2D eigenvalue weighted by Crippen LogP contribution is 2.38. The van der Waals surface area contributed by atoms with Crippen LogP contribution in [0.1, 0.15) is 10.8 Å². The lowest BCUT2D eigenvalue weighted by Crippen LogP contribution is -2.25. The smallest absolute Gasteiger partial charge is 0.263 e. The summed E-state index contributed by atoms with van der Waals surface area (Å²) in [5.41, 5.74) is 2.86. The van der Waals surface area contributed by atoms with E-state index in [2.05, 4.69) is 11.9 Å². The molecule has 0 saturated carbocycles. The van der Waals surface area contributed by atoms with Gasteiger partial charge in [0.1, 0.15) is 10.1 Å². The zero-order chi connectivity index (χ0) is 26.6. The van der Waals surface area contributed by atoms with Gasteiger partial charge in [0.05, 0.1) is 5.39 Å². The van der Waals surface area contributed by atoms with E-state index in [0.717, 1.165) is 16.7 Å². The first kappa shape index (κ1) is 26.3. The van der Waals surface area contributed by atoms with Crippen molar-refractivity contribution in [3.8, 4) is 11.1 Å². The molecule has 0 radical (unpaired) electrons. The van der Waals surface area contributed by atoms with Gasteiger partial charge in [-0.3, -0.25) is 14.2 Å². The van der Waals surface area contributed by atoms with Gasteiger partial charge in [0.25, 0.3) is 5.56 Å². The van der Waals surface area contributed by atoms with Gasteiger partial charge in [0, 0.05) is 33.2 Å². The zero-order valence-electron chi connectivity index (χ0n) is 19.9. The maximum atomic E-state index is 13.8. The maximum Gasteiger partial charge on any atom is 0.263 e. The van der Waals surface area contributed by atoms with Gasteiger partial charge in [-0.05, 0) is 29.3 Å². The fraction of sp³-hybridized carbons (Fsp3) is 0.0690. The van der Waals surface area contributed by atoms with Gasteiger partial charge >= 0.3 is 0 Å². The van der Waals surface area contributed by atoms with Crippen molar-refractivity contribution in [1.82, 2.24) is 9.55 Å². The predicted molar refractivity (Wildman–Crippen MR) is 160 cm³/mol. The van der Waals surface area contributed by atoms with Crippen LogP contribution < -0.4 is 10.9 Å². The Hall–Kier alpha value is -3.36. The van der Waals surface area contributed by atoms with Gasteiger partial charge in [0.2, 0.25) is 5.91 Å². The monoisotopic (exact) mass is 577 g/mol. The molecule has 1 atom stereocenters. The predicted octanol–water partition coefficient (Wildman–Crippen LogP) is 8.09. The molecule has 0 aliphatic carbocycles. The topological polar surface area (TPSA) is 64.0 Å². The fourth-order valence-corrected chi connectivity index (χ4v) is 6.68. The number of nitrogens with zero attached hydrogens (tertiary/aromatic N) is 2. The number of nitrogens with one attached hydrogen (secondary N) is 1. The summed E-state index contributed by atoms with van der Waals surface area (Å²) in [4.78, 5) is 32.9. The van der Waals surface area contributed by atoms with Crippen molar-refractivity contribution < 1.29 is 4.79 Å². The van der Waals surface area contributed by atoms with Crippen LogP contribution in [0.3, 0.4) is 0 Å². The van der Waals surface area contributed by atoms with Crippen LogP contribution in [0.5, 0.6) is 0 Å². The molecule has 2 heterocycles. The Morgan fingerprint density at radius 3 is 2.37 bits per heavy atom. The van der Waals surface area contributed by atoms with Crippen molar-refractivity contribution in [2.75, 3.05) is 5.32 Å². The highest BCUT2D eigenvalue weighted by atomic mass is 35.5. The highest BCUT2D eigenvalue weighted by molar-refractivity contribution is 8.00. The van der Waals surface area contributed by atoms with E-state index in [1.54, 1.807) is 28.8 Å². The van der Waals surface area contributed by atoms with Crippen LogP contribution in [0.2, 0.25) is 10.0 Å². The molecule has 1 amide bonds. The number of carbonyl (C=O) groups excluding carboxylic acids is 1. The molecular formula is C29H21Cl2N3O2S2. The van der Waals surface area contributed by atoms with Crippen molar-refractivity contribution in [2.45, 2.75) is 17.0 Å². The van der Waals surface area contributed by atoms with Crippen LogP contribution in [-0.4, -0.2) is 15.5 Å². The first-order valence-electron chi connectivity index (χ1n) is 11.6. The summed E-state index contributed by atoms with van der Waals surface area (Å²) in [6.07, 6.45) is 1.65. The number of amides is 1. The van der Waals surface area contributed by atoms with Gasteiger partial charge in [-0.2, -0.15) is 0 Å². The Bertz CT molecular complexity index is 1670. The van der Waals surface area contributed by atoms with Gasteiger partial charge in [-0.25, -0.2) is 4.98 Å². The average Bonchev–Trinajstić information content (AvgIpc) is 3.34. The Morgan fingerprint density at radius 1 is 1.05 bits per heavy atom. The van der Waals surface area contributed by atoms with Crippen LogP contribution in [-0.2, 0) is 11.3 Å². The molecule has 0 saturated heterocycles. The minimum Gasteiger partial charge on any atom is -0.325 e. The lowest BCUT2D eigenvalue weighted by atomic mass is 10.1. The second-order valence-electron chi connectivity index (χ2n) is 8.35. The van der Waals surface area contributed by atoms with E-state index in [4.69, 9.17) is 28.2 Å². The molecule has 3 aromatic carbocycles. The number of rotatable bonds is 8. The molecule has 0 aliphatic heterocycles. The lowest BCUT2D eigenvalue weighted by molar-refractivity contribution is -0.115. The van der Waals surface area contributed by atoms with Gasteiger partial charge in [-0.1, -0.05) is 102 Å². The van der Waals surface area contributed by atoms with Crippen LogP contribution >= 0.6 is 46.3 Å². The van der Waals surface area contributed by atoms with Gasteiger partial charge in [-0.15, -0.1) is 17.9 Å². The summed E-state index contributed by atoms with van der Waals surface area (Å²) in [6.45, 7) is 4.08. The summed E-state index contributed by atoms with van der Waals surface area (Å²) in [6, 6.07) is 24.0. The molecule has 0 bridgehead atoms.